The van der Waals surface area contributed by atoms with E-state index in [0.29, 0.717) is 5.56 Å². The lowest BCUT2D eigenvalue weighted by atomic mass is 10.1. The van der Waals surface area contributed by atoms with Crippen LogP contribution in [0.1, 0.15) is 12.5 Å². The summed E-state index contributed by atoms with van der Waals surface area (Å²) in [4.78, 5) is 9.00. The van der Waals surface area contributed by atoms with E-state index in [9.17, 15) is 13.2 Å². The van der Waals surface area contributed by atoms with Crippen LogP contribution in [0.15, 0.2) is 24.3 Å². The molecule has 0 atom stereocenters. The highest BCUT2D eigenvalue weighted by atomic mass is 19.4. The Morgan fingerprint density at radius 2 is 1.71 bits per heavy atom. The van der Waals surface area contributed by atoms with Crippen LogP contribution in [0.3, 0.4) is 0 Å². The number of hydrogen-bond acceptors (Lipinski definition) is 1. The fraction of sp³-hybridized carbons (Fsp3) is 0.222. The average Bonchev–Trinajstić information content (AvgIpc) is 2.02. The SMILES string of the molecule is CC(=[OH+])c1ccc(OC(F)(F)F)cc1. The van der Waals surface area contributed by atoms with E-state index in [1.54, 1.807) is 0 Å². The van der Waals surface area contributed by atoms with Crippen LogP contribution >= 0.6 is 0 Å². The van der Waals surface area contributed by atoms with Crippen molar-refractivity contribution in [1.29, 1.82) is 0 Å². The van der Waals surface area contributed by atoms with Crippen molar-refractivity contribution in [3.63, 3.8) is 0 Å². The van der Waals surface area contributed by atoms with Crippen LogP contribution in [0.4, 0.5) is 13.2 Å². The predicted molar refractivity (Wildman–Crippen MR) is 44.8 cm³/mol. The van der Waals surface area contributed by atoms with Gasteiger partial charge in [-0.15, -0.1) is 13.2 Å². The fourth-order valence-corrected chi connectivity index (χ4v) is 0.898. The minimum atomic E-state index is -4.68. The maximum Gasteiger partial charge on any atom is 0.573 e. The molecule has 1 rings (SSSR count). The second-order valence-corrected chi connectivity index (χ2v) is 2.66. The molecule has 0 heterocycles. The molecule has 14 heavy (non-hydrogen) atoms. The van der Waals surface area contributed by atoms with Crippen molar-refractivity contribution in [2.75, 3.05) is 0 Å². The summed E-state index contributed by atoms with van der Waals surface area (Å²) in [6, 6.07) is 4.97. The van der Waals surface area contributed by atoms with Crippen molar-refractivity contribution < 1.29 is 22.7 Å². The van der Waals surface area contributed by atoms with Gasteiger partial charge in [-0.05, 0) is 24.3 Å². The van der Waals surface area contributed by atoms with Gasteiger partial charge >= 0.3 is 12.1 Å². The quantitative estimate of drug-likeness (QED) is 0.539. The zero-order valence-corrected chi connectivity index (χ0v) is 7.30. The fourth-order valence-electron chi connectivity index (χ4n) is 0.898. The number of halogens is 3. The first-order valence-electron chi connectivity index (χ1n) is 3.77. The van der Waals surface area contributed by atoms with Crippen LogP contribution in [0.5, 0.6) is 5.75 Å². The highest BCUT2D eigenvalue weighted by Crippen LogP contribution is 2.22. The van der Waals surface area contributed by atoms with E-state index in [4.69, 9.17) is 4.79 Å². The summed E-state index contributed by atoms with van der Waals surface area (Å²) in [7, 11) is 0. The molecule has 0 fully saturated rings. The highest BCUT2D eigenvalue weighted by Gasteiger charge is 2.31. The number of benzene rings is 1. The maximum absolute atomic E-state index is 11.7. The van der Waals surface area contributed by atoms with Gasteiger partial charge in [0.2, 0.25) is 0 Å². The summed E-state index contributed by atoms with van der Waals surface area (Å²) in [5.74, 6) is -0.258. The largest absolute Gasteiger partial charge is 0.573 e. The van der Waals surface area contributed by atoms with Gasteiger partial charge in [0.15, 0.2) is 0 Å². The molecule has 0 bridgehead atoms. The third-order valence-electron chi connectivity index (χ3n) is 1.51. The van der Waals surface area contributed by atoms with Crippen LogP contribution in [-0.4, -0.2) is 16.9 Å². The van der Waals surface area contributed by atoms with Gasteiger partial charge in [-0.2, -0.15) is 0 Å². The normalized spacial score (nSPS) is 11.1. The molecular formula is C9H8F3O2+. The van der Waals surface area contributed by atoms with E-state index in [-0.39, 0.29) is 11.5 Å². The van der Waals surface area contributed by atoms with Crippen LogP contribution in [0.25, 0.3) is 0 Å². The second kappa shape index (κ2) is 3.69. The minimum absolute atomic E-state index is 0.0450. The van der Waals surface area contributed by atoms with Gasteiger partial charge in [-0.1, -0.05) is 0 Å². The van der Waals surface area contributed by atoms with Gasteiger partial charge in [0.1, 0.15) is 5.75 Å². The molecule has 0 aliphatic heterocycles. The summed E-state index contributed by atoms with van der Waals surface area (Å²) < 4.78 is 38.8. The first-order valence-corrected chi connectivity index (χ1v) is 3.77. The van der Waals surface area contributed by atoms with E-state index >= 15 is 0 Å². The third-order valence-corrected chi connectivity index (χ3v) is 1.51. The van der Waals surface area contributed by atoms with Crippen molar-refractivity contribution in [2.45, 2.75) is 13.3 Å². The van der Waals surface area contributed by atoms with E-state index < -0.39 is 6.36 Å². The molecular weight excluding hydrogens is 197 g/mol. The Hall–Kier alpha value is -1.52. The average molecular weight is 205 g/mol. The lowest BCUT2D eigenvalue weighted by Gasteiger charge is -2.07. The van der Waals surface area contributed by atoms with E-state index in [1.807, 2.05) is 0 Å². The van der Waals surface area contributed by atoms with Crippen molar-refractivity contribution >= 4 is 5.78 Å². The van der Waals surface area contributed by atoms with Crippen LogP contribution < -0.4 is 4.74 Å². The van der Waals surface area contributed by atoms with Crippen molar-refractivity contribution in [3.05, 3.63) is 29.8 Å². The zero-order chi connectivity index (χ0) is 10.8. The van der Waals surface area contributed by atoms with Crippen LogP contribution in [0.2, 0.25) is 0 Å². The molecule has 1 N–H and O–H groups in total. The predicted octanol–water partition coefficient (Wildman–Crippen LogP) is 2.50. The molecule has 0 unspecified atom stereocenters. The number of carbonyl (C=O) groups excluding carboxylic acids is 1. The number of hydrogen-bond donors (Lipinski definition) is 0. The van der Waals surface area contributed by atoms with Gasteiger partial charge in [0.25, 0.3) is 0 Å². The second-order valence-electron chi connectivity index (χ2n) is 2.66. The smallest absolute Gasteiger partial charge is 0.406 e. The first kappa shape index (κ1) is 10.6. The monoisotopic (exact) mass is 205 g/mol. The van der Waals surface area contributed by atoms with Gasteiger partial charge in [-0.25, -0.2) is 0 Å². The standard InChI is InChI=1S/C9H7F3O2/c1-6(13)7-2-4-8(5-3-7)14-9(10,11)12/h2-5H,1H3/p+1. The molecule has 5 heteroatoms. The van der Waals surface area contributed by atoms with Crippen molar-refractivity contribution in [1.82, 2.24) is 0 Å². The number of alkyl halides is 3. The first-order chi connectivity index (χ1) is 6.38. The Balaban J connectivity index is 2.79. The summed E-state index contributed by atoms with van der Waals surface area (Å²) in [5, 5.41) is 0. The molecule has 1 aromatic carbocycles. The molecule has 0 saturated heterocycles. The maximum atomic E-state index is 11.7. The number of ether oxygens (including phenoxy) is 1. The number of ketones is 1. The molecule has 0 aliphatic rings. The van der Waals surface area contributed by atoms with E-state index in [2.05, 4.69) is 4.74 Å². The molecule has 0 aliphatic carbocycles. The lowest BCUT2D eigenvalue weighted by Crippen LogP contribution is -2.17. The molecule has 2 nitrogen and oxygen atoms in total. The Kier molecular flexibility index (Phi) is 2.78. The topological polar surface area (TPSA) is 30.6 Å². The lowest BCUT2D eigenvalue weighted by molar-refractivity contribution is -0.274. The minimum Gasteiger partial charge on any atom is -0.406 e. The molecule has 1 aromatic rings. The Morgan fingerprint density at radius 3 is 2.07 bits per heavy atom. The van der Waals surface area contributed by atoms with Gasteiger partial charge in [0.05, 0.1) is 12.5 Å². The molecule has 0 saturated carbocycles. The van der Waals surface area contributed by atoms with Crippen molar-refractivity contribution in [3.8, 4) is 5.75 Å². The summed E-state index contributed by atoms with van der Waals surface area (Å²) >= 11 is 0. The van der Waals surface area contributed by atoms with Crippen LogP contribution in [-0.2, 0) is 0 Å². The third kappa shape index (κ3) is 3.08. The van der Waals surface area contributed by atoms with Crippen molar-refractivity contribution in [2.24, 2.45) is 0 Å². The highest BCUT2D eigenvalue weighted by molar-refractivity contribution is 5.94. The zero-order valence-electron chi connectivity index (χ0n) is 7.30. The molecule has 0 spiro atoms. The summed E-state index contributed by atoms with van der Waals surface area (Å²) in [5.41, 5.74) is 0.458. The van der Waals surface area contributed by atoms with Gasteiger partial charge < -0.3 is 4.74 Å². The Morgan fingerprint density at radius 1 is 1.21 bits per heavy atom. The summed E-state index contributed by atoms with van der Waals surface area (Å²) in [6.45, 7) is 1.44. The van der Waals surface area contributed by atoms with E-state index in [1.165, 1.54) is 19.1 Å². The molecule has 76 valence electrons. The van der Waals surface area contributed by atoms with E-state index in [0.717, 1.165) is 12.1 Å². The molecule has 0 amide bonds. The summed E-state index contributed by atoms with van der Waals surface area (Å²) in [6.07, 6.45) is -4.68. The number of rotatable bonds is 2. The Labute approximate surface area is 78.3 Å². The molecule has 0 radical (unpaired) electrons. The van der Waals surface area contributed by atoms with Gasteiger partial charge in [-0.3, -0.25) is 4.79 Å². The Bertz CT molecular complexity index is 327. The van der Waals surface area contributed by atoms with Gasteiger partial charge in [0, 0.05) is 0 Å². The molecule has 0 aromatic heterocycles. The van der Waals surface area contributed by atoms with Crippen LogP contribution in [0, 0.1) is 0 Å².